The van der Waals surface area contributed by atoms with Crippen LogP contribution in [0.4, 0.5) is 0 Å². The summed E-state index contributed by atoms with van der Waals surface area (Å²) in [5.74, 6) is -0.550. The van der Waals surface area contributed by atoms with Crippen LogP contribution in [0.15, 0.2) is 16.6 Å². The molecule has 3 nitrogen and oxygen atoms in total. The Balaban J connectivity index is 3.03. The Hall–Kier alpha value is -0.840. The molecule has 0 aliphatic heterocycles. The molecule has 0 radical (unpaired) electrons. The number of hydrogen-bond acceptors (Lipinski definition) is 2. The quantitative estimate of drug-likeness (QED) is 0.809. The predicted molar refractivity (Wildman–Crippen MR) is 72.7 cm³/mol. The number of carbonyl (C=O) groups excluding carboxylic acids is 1. The first-order valence-corrected chi connectivity index (χ1v) is 6.21. The Morgan fingerprint density at radius 3 is 2.65 bits per heavy atom. The molecule has 0 saturated heterocycles. The number of halogens is 3. The summed E-state index contributed by atoms with van der Waals surface area (Å²) in [6.45, 7) is 1.70. The molecule has 1 amide bonds. The number of nitrogens with zero attached hydrogens (tertiary/aromatic N) is 1. The molecule has 0 saturated carbocycles. The number of nitrogens with two attached hydrogens (primary N) is 1. The molecule has 1 aromatic carbocycles. The maximum Gasteiger partial charge on any atom is 0.249 e. The first-order valence-electron chi connectivity index (χ1n) is 4.66. The molecule has 17 heavy (non-hydrogen) atoms. The maximum atomic E-state index is 11.5. The summed E-state index contributed by atoms with van der Waals surface area (Å²) in [5.41, 5.74) is 6.84. The van der Waals surface area contributed by atoms with E-state index in [0.29, 0.717) is 31.5 Å². The van der Waals surface area contributed by atoms with Crippen LogP contribution in [0, 0.1) is 6.92 Å². The number of rotatable bonds is 1. The minimum absolute atomic E-state index is 0.259. The van der Waals surface area contributed by atoms with Gasteiger partial charge in [0.2, 0.25) is 5.91 Å². The second-order valence-electron chi connectivity index (χ2n) is 3.55. The molecule has 0 bridgehead atoms. The van der Waals surface area contributed by atoms with Crippen LogP contribution in [-0.4, -0.2) is 10.9 Å². The molecule has 88 valence electrons. The summed E-state index contributed by atoms with van der Waals surface area (Å²) in [5, 5.41) is 1.35. The summed E-state index contributed by atoms with van der Waals surface area (Å²) >= 11 is 15.3. The summed E-state index contributed by atoms with van der Waals surface area (Å²) in [6.07, 6.45) is 0. The number of benzene rings is 1. The zero-order chi connectivity index (χ0) is 12.7. The molecule has 0 aliphatic carbocycles. The van der Waals surface area contributed by atoms with Crippen LogP contribution >= 0.6 is 39.1 Å². The van der Waals surface area contributed by atoms with Gasteiger partial charge in [-0.05, 0) is 40.5 Å². The number of amides is 1. The maximum absolute atomic E-state index is 11.5. The number of hydrogen-bond donors (Lipinski definition) is 1. The lowest BCUT2D eigenvalue weighted by Gasteiger charge is -2.10. The molecular weight excluding hydrogens is 327 g/mol. The highest BCUT2D eigenvalue weighted by Gasteiger charge is 2.17. The van der Waals surface area contributed by atoms with Gasteiger partial charge in [0.25, 0.3) is 0 Å². The van der Waals surface area contributed by atoms with Crippen molar-refractivity contribution in [1.29, 1.82) is 0 Å². The number of primary amides is 1. The minimum Gasteiger partial charge on any atom is -0.366 e. The van der Waals surface area contributed by atoms with Crippen molar-refractivity contribution in [2.24, 2.45) is 5.73 Å². The van der Waals surface area contributed by atoms with Crippen LogP contribution in [-0.2, 0) is 0 Å². The Bertz CT molecular complexity index is 643. The van der Waals surface area contributed by atoms with Gasteiger partial charge in [-0.15, -0.1) is 0 Å². The van der Waals surface area contributed by atoms with Gasteiger partial charge in [0.1, 0.15) is 5.15 Å². The van der Waals surface area contributed by atoms with Crippen molar-refractivity contribution in [2.75, 3.05) is 0 Å². The number of fused-ring (bicyclic) bond motifs is 1. The van der Waals surface area contributed by atoms with Crippen LogP contribution in [0.2, 0.25) is 10.2 Å². The molecule has 0 unspecified atom stereocenters. The Labute approximate surface area is 116 Å². The normalized spacial score (nSPS) is 10.8. The number of pyridine rings is 1. The molecule has 2 aromatic rings. The first kappa shape index (κ1) is 12.6. The van der Waals surface area contributed by atoms with E-state index in [9.17, 15) is 4.79 Å². The summed E-state index contributed by atoms with van der Waals surface area (Å²) in [4.78, 5) is 15.7. The van der Waals surface area contributed by atoms with Gasteiger partial charge >= 0.3 is 0 Å². The van der Waals surface area contributed by atoms with E-state index in [2.05, 4.69) is 20.9 Å². The van der Waals surface area contributed by atoms with Crippen molar-refractivity contribution < 1.29 is 4.79 Å². The Morgan fingerprint density at radius 2 is 2.06 bits per heavy atom. The second-order valence-corrected chi connectivity index (χ2v) is 5.20. The highest BCUT2D eigenvalue weighted by molar-refractivity contribution is 9.10. The van der Waals surface area contributed by atoms with E-state index in [1.165, 1.54) is 0 Å². The van der Waals surface area contributed by atoms with Crippen molar-refractivity contribution in [3.63, 3.8) is 0 Å². The first-order chi connectivity index (χ1) is 7.91. The van der Waals surface area contributed by atoms with Crippen molar-refractivity contribution in [1.82, 2.24) is 4.98 Å². The van der Waals surface area contributed by atoms with E-state index in [1.807, 2.05) is 0 Å². The molecule has 6 heteroatoms. The molecule has 0 atom stereocenters. The van der Waals surface area contributed by atoms with Gasteiger partial charge in [-0.3, -0.25) is 4.79 Å². The molecule has 0 fully saturated rings. The molecular formula is C11H7BrCl2N2O. The van der Waals surface area contributed by atoms with Crippen molar-refractivity contribution in [2.45, 2.75) is 6.92 Å². The highest BCUT2D eigenvalue weighted by Crippen LogP contribution is 2.32. The topological polar surface area (TPSA) is 56.0 Å². The highest BCUT2D eigenvalue weighted by atomic mass is 79.9. The summed E-state index contributed by atoms with van der Waals surface area (Å²) in [7, 11) is 0. The van der Waals surface area contributed by atoms with Crippen molar-refractivity contribution in [3.05, 3.63) is 37.9 Å². The van der Waals surface area contributed by atoms with Crippen molar-refractivity contribution >= 4 is 55.9 Å². The molecule has 0 aliphatic rings. The number of carbonyl (C=O) groups is 1. The zero-order valence-corrected chi connectivity index (χ0v) is 11.8. The van der Waals surface area contributed by atoms with E-state index in [-0.39, 0.29) is 5.15 Å². The van der Waals surface area contributed by atoms with E-state index < -0.39 is 5.91 Å². The van der Waals surface area contributed by atoms with E-state index in [1.54, 1.807) is 19.1 Å². The monoisotopic (exact) mass is 332 g/mol. The fourth-order valence-electron chi connectivity index (χ4n) is 1.67. The summed E-state index contributed by atoms with van der Waals surface area (Å²) < 4.78 is 0.671. The van der Waals surface area contributed by atoms with E-state index in [4.69, 9.17) is 28.9 Å². The largest absolute Gasteiger partial charge is 0.366 e. The fourth-order valence-corrected chi connectivity index (χ4v) is 2.75. The van der Waals surface area contributed by atoms with Gasteiger partial charge < -0.3 is 5.73 Å². The molecule has 1 heterocycles. The molecule has 0 spiro atoms. The lowest BCUT2D eigenvalue weighted by atomic mass is 10.0. The standard InChI is InChI=1S/C11H7BrCl2N2O/c1-4-8(11(15)17)6-2-5(13)3-7(12)9(6)16-10(4)14/h2-3H,1H3,(H2,15,17). The van der Waals surface area contributed by atoms with Gasteiger partial charge in [-0.1, -0.05) is 23.2 Å². The smallest absolute Gasteiger partial charge is 0.249 e. The average Bonchev–Trinajstić information content (AvgIpc) is 2.20. The van der Waals surface area contributed by atoms with Gasteiger partial charge in [0, 0.05) is 14.9 Å². The van der Waals surface area contributed by atoms with Crippen LogP contribution in [0.1, 0.15) is 15.9 Å². The Kier molecular flexibility index (Phi) is 3.30. The van der Waals surface area contributed by atoms with Crippen molar-refractivity contribution in [3.8, 4) is 0 Å². The number of aromatic nitrogens is 1. The lowest BCUT2D eigenvalue weighted by molar-refractivity contribution is 0.100. The second kappa shape index (κ2) is 4.44. The van der Waals surface area contributed by atoms with E-state index >= 15 is 0 Å². The molecule has 2 rings (SSSR count). The predicted octanol–water partition coefficient (Wildman–Crippen LogP) is 3.71. The Morgan fingerprint density at radius 1 is 1.41 bits per heavy atom. The van der Waals surface area contributed by atoms with Crippen LogP contribution in [0.3, 0.4) is 0 Å². The molecule has 1 aromatic heterocycles. The minimum atomic E-state index is -0.550. The van der Waals surface area contributed by atoms with Crippen LogP contribution in [0.5, 0.6) is 0 Å². The third-order valence-electron chi connectivity index (χ3n) is 2.44. The van der Waals surface area contributed by atoms with Gasteiger partial charge in [-0.25, -0.2) is 4.98 Å². The average molecular weight is 334 g/mol. The molecule has 2 N–H and O–H groups in total. The third-order valence-corrected chi connectivity index (χ3v) is 3.63. The SMILES string of the molecule is Cc1c(Cl)nc2c(Br)cc(Cl)cc2c1C(N)=O. The van der Waals surface area contributed by atoms with Gasteiger partial charge in [-0.2, -0.15) is 0 Å². The summed E-state index contributed by atoms with van der Waals surface area (Å²) in [6, 6.07) is 3.34. The van der Waals surface area contributed by atoms with Crippen LogP contribution in [0.25, 0.3) is 10.9 Å². The van der Waals surface area contributed by atoms with E-state index in [0.717, 1.165) is 0 Å². The zero-order valence-electron chi connectivity index (χ0n) is 8.72. The van der Waals surface area contributed by atoms with Crippen LogP contribution < -0.4 is 5.73 Å². The van der Waals surface area contributed by atoms with Gasteiger partial charge in [0.15, 0.2) is 0 Å². The third kappa shape index (κ3) is 2.12. The fraction of sp³-hybridized carbons (Fsp3) is 0.0909. The lowest BCUT2D eigenvalue weighted by Crippen LogP contribution is -2.14. The van der Waals surface area contributed by atoms with Gasteiger partial charge in [0.05, 0.1) is 11.1 Å².